The van der Waals surface area contributed by atoms with E-state index in [1.54, 1.807) is 56.5 Å². The van der Waals surface area contributed by atoms with Crippen molar-refractivity contribution in [1.82, 2.24) is 9.78 Å². The number of benzene rings is 3. The summed E-state index contributed by atoms with van der Waals surface area (Å²) in [5, 5.41) is 11.5. The van der Waals surface area contributed by atoms with E-state index in [9.17, 15) is 4.79 Å². The number of nitrogens with one attached hydrogen (secondary N) is 2. The van der Waals surface area contributed by atoms with E-state index in [-0.39, 0.29) is 5.91 Å². The fraction of sp³-hybridized carbons (Fsp3) is 0.143. The summed E-state index contributed by atoms with van der Waals surface area (Å²) >= 11 is 5.99. The number of amides is 1. The normalized spacial score (nSPS) is 14.2. The maximum absolute atomic E-state index is 13.3. The molecule has 2 N–H and O–H groups in total. The number of ether oxygens (including phenoxy) is 3. The first-order valence-corrected chi connectivity index (χ1v) is 11.9. The number of allylic oxidation sites excluding steroid dienone is 1. The van der Waals surface area contributed by atoms with Gasteiger partial charge in [0, 0.05) is 22.0 Å². The molecule has 8 nitrogen and oxygen atoms in total. The Morgan fingerprint density at radius 3 is 2.35 bits per heavy atom. The molecule has 0 bridgehead atoms. The maximum Gasteiger partial charge on any atom is 0.261 e. The van der Waals surface area contributed by atoms with E-state index in [0.717, 1.165) is 16.8 Å². The van der Waals surface area contributed by atoms with Crippen molar-refractivity contribution in [3.63, 3.8) is 0 Å². The molecule has 1 aromatic heterocycles. The van der Waals surface area contributed by atoms with E-state index in [2.05, 4.69) is 15.7 Å². The topological polar surface area (TPSA) is 86.6 Å². The highest BCUT2D eigenvalue weighted by molar-refractivity contribution is 6.30. The number of rotatable bonds is 7. The highest BCUT2D eigenvalue weighted by Crippen LogP contribution is 2.45. The number of nitrogens with zero attached hydrogens (tertiary/aromatic N) is 2. The van der Waals surface area contributed by atoms with Crippen molar-refractivity contribution in [1.29, 1.82) is 0 Å². The predicted octanol–water partition coefficient (Wildman–Crippen LogP) is 5.87. The second-order valence-corrected chi connectivity index (χ2v) is 8.69. The average Bonchev–Trinajstić information content (AvgIpc) is 3.37. The average molecular weight is 517 g/mol. The van der Waals surface area contributed by atoms with Gasteiger partial charge in [-0.15, -0.1) is 0 Å². The second kappa shape index (κ2) is 10.3. The molecule has 188 valence electrons. The van der Waals surface area contributed by atoms with Gasteiger partial charge in [-0.05, 0) is 48.0 Å². The van der Waals surface area contributed by atoms with Gasteiger partial charge in [-0.2, -0.15) is 5.10 Å². The smallest absolute Gasteiger partial charge is 0.261 e. The molecule has 9 heteroatoms. The predicted molar refractivity (Wildman–Crippen MR) is 144 cm³/mol. The van der Waals surface area contributed by atoms with E-state index in [4.69, 9.17) is 25.8 Å². The third kappa shape index (κ3) is 4.59. The van der Waals surface area contributed by atoms with Gasteiger partial charge in [-0.25, -0.2) is 4.68 Å². The van der Waals surface area contributed by atoms with Crippen molar-refractivity contribution < 1.29 is 19.0 Å². The van der Waals surface area contributed by atoms with Crippen LogP contribution in [-0.2, 0) is 0 Å². The summed E-state index contributed by atoms with van der Waals surface area (Å²) in [6.45, 7) is 0. The molecule has 4 aromatic rings. The first kappa shape index (κ1) is 24.3. The van der Waals surface area contributed by atoms with E-state index in [0.29, 0.717) is 39.3 Å². The van der Waals surface area contributed by atoms with Crippen LogP contribution >= 0.6 is 11.6 Å². The van der Waals surface area contributed by atoms with Gasteiger partial charge in [0.05, 0.1) is 27.5 Å². The van der Waals surface area contributed by atoms with Crippen LogP contribution in [0.5, 0.6) is 17.2 Å². The van der Waals surface area contributed by atoms with Gasteiger partial charge in [-0.1, -0.05) is 41.9 Å². The SMILES string of the molecule is COc1ccc([C@@H]2C=C(c3ccccc3)Nc3c(C(=O)Nc4ccc(Cl)cc4)cnn32)c(OC)c1OC. The highest BCUT2D eigenvalue weighted by atomic mass is 35.5. The number of carbonyl (C=O) groups excluding carboxylic acids is 1. The summed E-state index contributed by atoms with van der Waals surface area (Å²) < 4.78 is 18.6. The quantitative estimate of drug-likeness (QED) is 0.319. The number of hydrogen-bond donors (Lipinski definition) is 2. The maximum atomic E-state index is 13.3. The van der Waals surface area contributed by atoms with Crippen LogP contribution in [0.3, 0.4) is 0 Å². The molecule has 3 aromatic carbocycles. The molecule has 1 amide bonds. The third-order valence-corrected chi connectivity index (χ3v) is 6.37. The number of anilines is 2. The molecule has 1 atom stereocenters. The largest absolute Gasteiger partial charge is 0.493 e. The van der Waals surface area contributed by atoms with Crippen molar-refractivity contribution in [2.75, 3.05) is 32.0 Å². The number of fused-ring (bicyclic) bond motifs is 1. The van der Waals surface area contributed by atoms with Crippen molar-refractivity contribution in [3.8, 4) is 17.2 Å². The van der Waals surface area contributed by atoms with Crippen molar-refractivity contribution in [3.05, 3.63) is 101 Å². The molecule has 0 aliphatic carbocycles. The van der Waals surface area contributed by atoms with Gasteiger partial charge in [0.15, 0.2) is 11.5 Å². The van der Waals surface area contributed by atoms with Crippen LogP contribution in [0.15, 0.2) is 79.0 Å². The molecule has 1 aliphatic rings. The first-order valence-electron chi connectivity index (χ1n) is 11.5. The van der Waals surface area contributed by atoms with Crippen LogP contribution < -0.4 is 24.8 Å². The fourth-order valence-corrected chi connectivity index (χ4v) is 4.48. The summed E-state index contributed by atoms with van der Waals surface area (Å²) in [4.78, 5) is 13.3. The minimum Gasteiger partial charge on any atom is -0.493 e. The Balaban J connectivity index is 1.62. The van der Waals surface area contributed by atoms with Gasteiger partial charge < -0.3 is 24.8 Å². The highest BCUT2D eigenvalue weighted by Gasteiger charge is 2.31. The minimum absolute atomic E-state index is 0.302. The molecule has 1 aliphatic heterocycles. The van der Waals surface area contributed by atoms with E-state index in [1.807, 2.05) is 48.5 Å². The zero-order valence-electron chi connectivity index (χ0n) is 20.5. The van der Waals surface area contributed by atoms with Gasteiger partial charge in [-0.3, -0.25) is 4.79 Å². The monoisotopic (exact) mass is 516 g/mol. The molecule has 0 radical (unpaired) electrons. The van der Waals surface area contributed by atoms with Crippen molar-refractivity contribution in [2.24, 2.45) is 0 Å². The van der Waals surface area contributed by atoms with Crippen LogP contribution in [0, 0.1) is 0 Å². The number of methoxy groups -OCH3 is 3. The van der Waals surface area contributed by atoms with Crippen LogP contribution in [0.4, 0.5) is 11.5 Å². The van der Waals surface area contributed by atoms with Gasteiger partial charge in [0.25, 0.3) is 5.91 Å². The van der Waals surface area contributed by atoms with Gasteiger partial charge in [0.1, 0.15) is 17.4 Å². The zero-order valence-corrected chi connectivity index (χ0v) is 21.2. The van der Waals surface area contributed by atoms with E-state index >= 15 is 0 Å². The molecular weight excluding hydrogens is 492 g/mol. The number of carbonyl (C=O) groups is 1. The Bertz CT molecular complexity index is 1470. The van der Waals surface area contributed by atoms with Crippen LogP contribution in [0.2, 0.25) is 5.02 Å². The Hall–Kier alpha value is -4.43. The lowest BCUT2D eigenvalue weighted by Gasteiger charge is -2.28. The summed E-state index contributed by atoms with van der Waals surface area (Å²) in [6, 6.07) is 20.1. The van der Waals surface area contributed by atoms with Crippen LogP contribution in [0.1, 0.15) is 27.5 Å². The van der Waals surface area contributed by atoms with Gasteiger partial charge >= 0.3 is 0 Å². The molecule has 2 heterocycles. The third-order valence-electron chi connectivity index (χ3n) is 6.12. The summed E-state index contributed by atoms with van der Waals surface area (Å²) in [5.41, 5.74) is 3.60. The van der Waals surface area contributed by atoms with Crippen LogP contribution in [-0.4, -0.2) is 37.0 Å². The Labute approximate surface area is 219 Å². The van der Waals surface area contributed by atoms with Gasteiger partial charge in [0.2, 0.25) is 5.75 Å². The molecule has 0 spiro atoms. The lowest BCUT2D eigenvalue weighted by molar-refractivity contribution is 0.102. The molecule has 5 rings (SSSR count). The summed E-state index contributed by atoms with van der Waals surface area (Å²) in [5.74, 6) is 1.79. The lowest BCUT2D eigenvalue weighted by Crippen LogP contribution is -2.22. The summed E-state index contributed by atoms with van der Waals surface area (Å²) in [7, 11) is 4.72. The standard InChI is InChI=1S/C28H25ClN4O4/c1-35-24-14-13-20(25(36-2)26(24)37-3)23-15-22(17-7-5-4-6-8-17)32-27-21(16-30-33(23)27)28(34)31-19-11-9-18(29)10-12-19/h4-16,23,32H,1-3H3,(H,31,34)/t23-/m0/s1. The van der Waals surface area contributed by atoms with Crippen molar-refractivity contribution in [2.45, 2.75) is 6.04 Å². The number of halogens is 1. The molecular formula is C28H25ClN4O4. The summed E-state index contributed by atoms with van der Waals surface area (Å²) in [6.07, 6.45) is 3.59. The second-order valence-electron chi connectivity index (χ2n) is 8.25. The van der Waals surface area contributed by atoms with E-state index in [1.165, 1.54) is 0 Å². The molecule has 0 saturated carbocycles. The Kier molecular flexibility index (Phi) is 6.74. The number of aromatic nitrogens is 2. The number of hydrogen-bond acceptors (Lipinski definition) is 6. The first-order chi connectivity index (χ1) is 18.0. The molecule has 0 fully saturated rings. The van der Waals surface area contributed by atoms with E-state index < -0.39 is 6.04 Å². The van der Waals surface area contributed by atoms with Crippen molar-refractivity contribution >= 4 is 34.7 Å². The Morgan fingerprint density at radius 2 is 1.68 bits per heavy atom. The molecule has 37 heavy (non-hydrogen) atoms. The Morgan fingerprint density at radius 1 is 0.946 bits per heavy atom. The zero-order chi connectivity index (χ0) is 25.9. The fourth-order valence-electron chi connectivity index (χ4n) is 4.36. The molecule has 0 saturated heterocycles. The molecule has 0 unspecified atom stereocenters. The van der Waals surface area contributed by atoms with Crippen LogP contribution in [0.25, 0.3) is 5.70 Å². The minimum atomic E-state index is -0.404. The lowest BCUT2D eigenvalue weighted by atomic mass is 9.99.